The molecule has 0 bridgehead atoms. The van der Waals surface area contributed by atoms with E-state index < -0.39 is 0 Å². The Labute approximate surface area is 120 Å². The Bertz CT molecular complexity index is 507. The van der Waals surface area contributed by atoms with Crippen molar-refractivity contribution in [1.29, 1.82) is 0 Å². The summed E-state index contributed by atoms with van der Waals surface area (Å²) in [7, 11) is 3.97. The van der Waals surface area contributed by atoms with Gasteiger partial charge in [0.2, 0.25) is 0 Å². The minimum absolute atomic E-state index is 0.285. The SMILES string of the molecule is CC(Nc1ccc(N(C)C)nc1)c1cc(Br)cs1. The molecule has 5 heteroatoms. The number of rotatable bonds is 4. The predicted octanol–water partition coefficient (Wildman–Crippen LogP) is 4.14. The van der Waals surface area contributed by atoms with E-state index in [0.29, 0.717) is 0 Å². The standard InChI is InChI=1S/C13H16BrN3S/c1-9(12-6-10(14)8-18-12)16-11-4-5-13(15-7-11)17(2)3/h4-9,16H,1-3H3. The minimum Gasteiger partial charge on any atom is -0.376 e. The molecule has 18 heavy (non-hydrogen) atoms. The van der Waals surface area contributed by atoms with Crippen LogP contribution in [0.25, 0.3) is 0 Å². The van der Waals surface area contributed by atoms with Crippen LogP contribution in [-0.4, -0.2) is 19.1 Å². The Hall–Kier alpha value is -1.07. The summed E-state index contributed by atoms with van der Waals surface area (Å²) in [5.74, 6) is 0.965. The van der Waals surface area contributed by atoms with E-state index in [1.807, 2.05) is 31.3 Å². The molecule has 0 aliphatic rings. The van der Waals surface area contributed by atoms with Crippen LogP contribution in [0.5, 0.6) is 0 Å². The Morgan fingerprint density at radius 1 is 1.39 bits per heavy atom. The third kappa shape index (κ3) is 3.23. The lowest BCUT2D eigenvalue weighted by molar-refractivity contribution is 0.904. The van der Waals surface area contributed by atoms with Crippen molar-refractivity contribution in [1.82, 2.24) is 4.98 Å². The first kappa shape index (κ1) is 13.4. The van der Waals surface area contributed by atoms with Gasteiger partial charge in [0, 0.05) is 28.8 Å². The van der Waals surface area contributed by atoms with Crippen molar-refractivity contribution in [2.45, 2.75) is 13.0 Å². The predicted molar refractivity (Wildman–Crippen MR) is 82.6 cm³/mol. The van der Waals surface area contributed by atoms with Gasteiger partial charge in [-0.15, -0.1) is 11.3 Å². The molecule has 0 aromatic carbocycles. The highest BCUT2D eigenvalue weighted by atomic mass is 79.9. The number of hydrogen-bond acceptors (Lipinski definition) is 4. The molecule has 1 unspecified atom stereocenters. The first-order valence-corrected chi connectivity index (χ1v) is 7.37. The van der Waals surface area contributed by atoms with E-state index in [1.165, 1.54) is 4.88 Å². The van der Waals surface area contributed by atoms with E-state index in [0.717, 1.165) is 16.0 Å². The number of anilines is 2. The lowest BCUT2D eigenvalue weighted by Crippen LogP contribution is -2.11. The number of hydrogen-bond donors (Lipinski definition) is 1. The van der Waals surface area contributed by atoms with E-state index in [1.54, 1.807) is 11.3 Å². The van der Waals surface area contributed by atoms with Crippen LogP contribution in [0.1, 0.15) is 17.8 Å². The maximum Gasteiger partial charge on any atom is 0.128 e. The molecule has 0 saturated carbocycles. The minimum atomic E-state index is 0.285. The number of aromatic nitrogens is 1. The molecule has 96 valence electrons. The Morgan fingerprint density at radius 2 is 2.17 bits per heavy atom. The van der Waals surface area contributed by atoms with Crippen molar-refractivity contribution in [3.63, 3.8) is 0 Å². The number of nitrogens with zero attached hydrogens (tertiary/aromatic N) is 2. The molecule has 0 saturated heterocycles. The maximum absolute atomic E-state index is 4.39. The van der Waals surface area contributed by atoms with Gasteiger partial charge in [-0.05, 0) is 41.1 Å². The van der Waals surface area contributed by atoms with E-state index in [9.17, 15) is 0 Å². The van der Waals surface area contributed by atoms with Crippen LogP contribution in [0.3, 0.4) is 0 Å². The van der Waals surface area contributed by atoms with Gasteiger partial charge < -0.3 is 10.2 Å². The number of nitrogens with one attached hydrogen (secondary N) is 1. The molecule has 0 radical (unpaired) electrons. The second-order valence-corrected chi connectivity index (χ2v) is 6.19. The van der Waals surface area contributed by atoms with Gasteiger partial charge in [-0.1, -0.05) is 0 Å². The molecule has 1 N–H and O–H groups in total. The maximum atomic E-state index is 4.39. The molecule has 0 amide bonds. The fourth-order valence-electron chi connectivity index (χ4n) is 1.61. The summed E-state index contributed by atoms with van der Waals surface area (Å²) in [6, 6.07) is 6.50. The summed E-state index contributed by atoms with van der Waals surface area (Å²) in [6.45, 7) is 2.15. The van der Waals surface area contributed by atoms with Crippen molar-refractivity contribution in [2.24, 2.45) is 0 Å². The highest BCUT2D eigenvalue weighted by Crippen LogP contribution is 2.27. The van der Waals surface area contributed by atoms with E-state index in [-0.39, 0.29) is 6.04 Å². The van der Waals surface area contributed by atoms with Crippen molar-refractivity contribution in [3.8, 4) is 0 Å². The monoisotopic (exact) mass is 325 g/mol. The topological polar surface area (TPSA) is 28.2 Å². The van der Waals surface area contributed by atoms with Gasteiger partial charge >= 0.3 is 0 Å². The molecule has 2 heterocycles. The second kappa shape index (κ2) is 5.71. The Kier molecular flexibility index (Phi) is 4.24. The average molecular weight is 326 g/mol. The third-order valence-electron chi connectivity index (χ3n) is 2.60. The number of thiophene rings is 1. The molecule has 2 rings (SSSR count). The van der Waals surface area contributed by atoms with Gasteiger partial charge in [-0.2, -0.15) is 0 Å². The zero-order valence-electron chi connectivity index (χ0n) is 10.6. The zero-order chi connectivity index (χ0) is 13.1. The molecule has 0 aliphatic heterocycles. The summed E-state index contributed by atoms with van der Waals surface area (Å²) < 4.78 is 1.14. The summed E-state index contributed by atoms with van der Waals surface area (Å²) in [4.78, 5) is 7.68. The first-order valence-electron chi connectivity index (χ1n) is 5.70. The van der Waals surface area contributed by atoms with E-state index in [4.69, 9.17) is 0 Å². The van der Waals surface area contributed by atoms with Crippen molar-refractivity contribution < 1.29 is 0 Å². The average Bonchev–Trinajstić information content (AvgIpc) is 2.76. The van der Waals surface area contributed by atoms with Gasteiger partial charge in [0.15, 0.2) is 0 Å². The van der Waals surface area contributed by atoms with Crippen LogP contribution in [0.2, 0.25) is 0 Å². The number of halogens is 1. The van der Waals surface area contributed by atoms with Crippen LogP contribution >= 0.6 is 27.3 Å². The molecule has 2 aromatic heterocycles. The molecule has 0 spiro atoms. The first-order chi connectivity index (χ1) is 8.56. The van der Waals surface area contributed by atoms with Crippen LogP contribution in [-0.2, 0) is 0 Å². The van der Waals surface area contributed by atoms with E-state index >= 15 is 0 Å². The van der Waals surface area contributed by atoms with Gasteiger partial charge in [0.25, 0.3) is 0 Å². The van der Waals surface area contributed by atoms with Crippen molar-refractivity contribution >= 4 is 38.8 Å². The van der Waals surface area contributed by atoms with Gasteiger partial charge in [0.1, 0.15) is 5.82 Å². The lowest BCUT2D eigenvalue weighted by Gasteiger charge is -2.15. The van der Waals surface area contributed by atoms with Crippen LogP contribution in [0.4, 0.5) is 11.5 Å². The zero-order valence-corrected chi connectivity index (χ0v) is 13.0. The van der Waals surface area contributed by atoms with Crippen molar-refractivity contribution in [2.75, 3.05) is 24.3 Å². The summed E-state index contributed by atoms with van der Waals surface area (Å²) in [6.07, 6.45) is 1.87. The molecular weight excluding hydrogens is 310 g/mol. The highest BCUT2D eigenvalue weighted by Gasteiger charge is 2.08. The largest absolute Gasteiger partial charge is 0.376 e. The molecule has 2 aromatic rings. The van der Waals surface area contributed by atoms with Crippen LogP contribution in [0.15, 0.2) is 34.2 Å². The normalized spacial score (nSPS) is 12.2. The fraction of sp³-hybridized carbons (Fsp3) is 0.308. The quantitative estimate of drug-likeness (QED) is 0.915. The summed E-state index contributed by atoms with van der Waals surface area (Å²) in [5.41, 5.74) is 1.04. The fourth-order valence-corrected chi connectivity index (χ4v) is 3.07. The summed E-state index contributed by atoms with van der Waals surface area (Å²) >= 11 is 5.22. The molecule has 0 aliphatic carbocycles. The third-order valence-corrected chi connectivity index (χ3v) is 4.48. The highest BCUT2D eigenvalue weighted by molar-refractivity contribution is 9.10. The molecular formula is C13H16BrN3S. The lowest BCUT2D eigenvalue weighted by atomic mass is 10.2. The Balaban J connectivity index is 2.05. The van der Waals surface area contributed by atoms with Crippen molar-refractivity contribution in [3.05, 3.63) is 39.1 Å². The van der Waals surface area contributed by atoms with Gasteiger partial charge in [0.05, 0.1) is 17.9 Å². The number of pyridine rings is 1. The van der Waals surface area contributed by atoms with Gasteiger partial charge in [-0.25, -0.2) is 4.98 Å². The van der Waals surface area contributed by atoms with Crippen LogP contribution in [0, 0.1) is 0 Å². The van der Waals surface area contributed by atoms with E-state index in [2.05, 4.69) is 50.7 Å². The van der Waals surface area contributed by atoms with Crippen LogP contribution < -0.4 is 10.2 Å². The smallest absolute Gasteiger partial charge is 0.128 e. The Morgan fingerprint density at radius 3 is 2.67 bits per heavy atom. The summed E-state index contributed by atoms with van der Waals surface area (Å²) in [5, 5.41) is 5.54. The van der Waals surface area contributed by atoms with Gasteiger partial charge in [-0.3, -0.25) is 0 Å². The molecule has 3 nitrogen and oxygen atoms in total. The molecule has 0 fully saturated rings. The molecule has 1 atom stereocenters. The second-order valence-electron chi connectivity index (χ2n) is 4.33.